The summed E-state index contributed by atoms with van der Waals surface area (Å²) in [5, 5.41) is 4.26. The first-order chi connectivity index (χ1) is 10.7. The van der Waals surface area contributed by atoms with Gasteiger partial charge in [0.15, 0.2) is 0 Å². The molecule has 0 bridgehead atoms. The first kappa shape index (κ1) is 15.5. The number of benzene rings is 1. The molecule has 0 N–H and O–H groups in total. The van der Waals surface area contributed by atoms with Crippen LogP contribution in [0, 0.1) is 0 Å². The van der Waals surface area contributed by atoms with Crippen LogP contribution in [0.2, 0.25) is 0 Å². The highest BCUT2D eigenvalue weighted by atomic mass is 32.2. The van der Waals surface area contributed by atoms with E-state index in [2.05, 4.69) is 5.10 Å². The van der Waals surface area contributed by atoms with Crippen LogP contribution in [-0.2, 0) is 7.05 Å². The molecule has 0 unspecified atom stereocenters. The average molecular weight is 333 g/mol. The van der Waals surface area contributed by atoms with Crippen molar-refractivity contribution in [2.45, 2.75) is 10.9 Å². The molecule has 0 aliphatic carbocycles. The van der Waals surface area contributed by atoms with Gasteiger partial charge in [-0.3, -0.25) is 9.48 Å². The number of nitrogens with zero attached hydrogens (tertiary/aromatic N) is 3. The van der Waals surface area contributed by atoms with E-state index in [0.29, 0.717) is 0 Å². The number of thioether (sulfide) groups is 2. The molecule has 2 aromatic rings. The summed E-state index contributed by atoms with van der Waals surface area (Å²) in [6.07, 6.45) is 5.89. The first-order valence-corrected chi connectivity index (χ1v) is 9.59. The monoisotopic (exact) mass is 333 g/mol. The maximum absolute atomic E-state index is 13.0. The number of rotatable bonds is 3. The van der Waals surface area contributed by atoms with Gasteiger partial charge in [-0.1, -0.05) is 12.1 Å². The van der Waals surface area contributed by atoms with Crippen molar-refractivity contribution < 1.29 is 4.79 Å². The molecule has 1 aliphatic rings. The van der Waals surface area contributed by atoms with Crippen LogP contribution in [0.1, 0.15) is 22.0 Å². The highest BCUT2D eigenvalue weighted by Gasteiger charge is 2.30. The minimum atomic E-state index is 0.106. The Morgan fingerprint density at radius 3 is 2.95 bits per heavy atom. The Balaban J connectivity index is 1.91. The second-order valence-corrected chi connectivity index (χ2v) is 7.23. The summed E-state index contributed by atoms with van der Waals surface area (Å²) in [6, 6.07) is 7.96. The largest absolute Gasteiger partial charge is 0.330 e. The molecule has 0 radical (unpaired) electrons. The number of carbonyl (C=O) groups is 1. The van der Waals surface area contributed by atoms with E-state index in [1.807, 2.05) is 66.6 Å². The Morgan fingerprint density at radius 2 is 2.23 bits per heavy atom. The molecule has 1 aromatic carbocycles. The highest BCUT2D eigenvalue weighted by Crippen LogP contribution is 2.32. The van der Waals surface area contributed by atoms with Gasteiger partial charge in [-0.05, 0) is 18.4 Å². The van der Waals surface area contributed by atoms with E-state index in [9.17, 15) is 4.79 Å². The predicted octanol–water partition coefficient (Wildman–Crippen LogP) is 3.07. The number of carbonyl (C=O) groups excluding carboxylic acids is 1. The van der Waals surface area contributed by atoms with Gasteiger partial charge in [-0.2, -0.15) is 16.9 Å². The number of hydrogen-bond donors (Lipinski definition) is 0. The fraction of sp³-hybridized carbons (Fsp3) is 0.375. The maximum Gasteiger partial charge on any atom is 0.255 e. The number of aryl methyl sites for hydroxylation is 1. The summed E-state index contributed by atoms with van der Waals surface area (Å²) in [5.74, 6) is 2.04. The minimum Gasteiger partial charge on any atom is -0.330 e. The van der Waals surface area contributed by atoms with Crippen LogP contribution in [-0.4, -0.2) is 44.9 Å². The van der Waals surface area contributed by atoms with Crippen molar-refractivity contribution in [3.8, 4) is 0 Å². The number of aromatic nitrogens is 2. The third-order valence-corrected chi connectivity index (χ3v) is 5.65. The van der Waals surface area contributed by atoms with Gasteiger partial charge in [0.25, 0.3) is 5.91 Å². The first-order valence-electron chi connectivity index (χ1n) is 7.21. The summed E-state index contributed by atoms with van der Waals surface area (Å²) >= 11 is 3.52. The molecule has 1 aromatic heterocycles. The topological polar surface area (TPSA) is 38.1 Å². The highest BCUT2D eigenvalue weighted by molar-refractivity contribution is 7.99. The molecule has 1 atom stereocenters. The fourth-order valence-electron chi connectivity index (χ4n) is 2.71. The lowest BCUT2D eigenvalue weighted by atomic mass is 10.1. The SMILES string of the molecule is CSc1ccccc1C(=O)N1CCSC[C@H]1c1cnn(C)c1. The van der Waals surface area contributed by atoms with Crippen LogP contribution < -0.4 is 0 Å². The molecule has 6 heteroatoms. The van der Waals surface area contributed by atoms with Crippen molar-refractivity contribution in [1.29, 1.82) is 0 Å². The molecule has 1 saturated heterocycles. The fourth-order valence-corrected chi connectivity index (χ4v) is 4.39. The molecule has 2 heterocycles. The molecule has 116 valence electrons. The number of hydrogen-bond acceptors (Lipinski definition) is 4. The molecular formula is C16H19N3OS2. The van der Waals surface area contributed by atoms with Crippen LogP contribution in [0.3, 0.4) is 0 Å². The summed E-state index contributed by atoms with van der Waals surface area (Å²) < 4.78 is 1.80. The van der Waals surface area contributed by atoms with Gasteiger partial charge in [0.05, 0.1) is 17.8 Å². The van der Waals surface area contributed by atoms with Crippen molar-refractivity contribution in [2.75, 3.05) is 24.3 Å². The van der Waals surface area contributed by atoms with E-state index in [4.69, 9.17) is 0 Å². The van der Waals surface area contributed by atoms with Crippen molar-refractivity contribution in [2.24, 2.45) is 7.05 Å². The Labute approximate surface area is 139 Å². The Kier molecular flexibility index (Phi) is 4.78. The molecule has 0 saturated carbocycles. The third kappa shape index (κ3) is 3.03. The lowest BCUT2D eigenvalue weighted by molar-refractivity contribution is 0.0698. The second kappa shape index (κ2) is 6.79. The van der Waals surface area contributed by atoms with Gasteiger partial charge < -0.3 is 4.90 Å². The molecule has 1 fully saturated rings. The van der Waals surface area contributed by atoms with Crippen LogP contribution in [0.4, 0.5) is 0 Å². The number of amides is 1. The smallest absolute Gasteiger partial charge is 0.255 e. The van der Waals surface area contributed by atoms with E-state index < -0.39 is 0 Å². The zero-order valence-corrected chi connectivity index (χ0v) is 14.4. The second-order valence-electron chi connectivity index (χ2n) is 5.24. The Morgan fingerprint density at radius 1 is 1.41 bits per heavy atom. The average Bonchev–Trinajstić information content (AvgIpc) is 3.00. The molecule has 3 rings (SSSR count). The molecule has 4 nitrogen and oxygen atoms in total. The lowest BCUT2D eigenvalue weighted by Crippen LogP contribution is -2.40. The zero-order valence-electron chi connectivity index (χ0n) is 12.7. The standard InChI is InChI=1S/C16H19N3OS2/c1-18-10-12(9-17-18)14-11-22-8-7-19(14)16(20)13-5-3-4-6-15(13)21-2/h3-6,9-10,14H,7-8,11H2,1-2H3/t14-/m0/s1. The molecule has 0 spiro atoms. The van der Waals surface area contributed by atoms with Crippen LogP contribution in [0.5, 0.6) is 0 Å². The van der Waals surface area contributed by atoms with E-state index in [0.717, 1.165) is 34.1 Å². The minimum absolute atomic E-state index is 0.106. The van der Waals surface area contributed by atoms with Gasteiger partial charge in [0.1, 0.15) is 0 Å². The van der Waals surface area contributed by atoms with Crippen molar-refractivity contribution in [3.05, 3.63) is 47.8 Å². The van der Waals surface area contributed by atoms with Gasteiger partial charge in [-0.25, -0.2) is 0 Å². The third-order valence-electron chi connectivity index (χ3n) is 3.84. The van der Waals surface area contributed by atoms with Gasteiger partial charge in [-0.15, -0.1) is 11.8 Å². The van der Waals surface area contributed by atoms with Crippen LogP contribution in [0.25, 0.3) is 0 Å². The van der Waals surface area contributed by atoms with Gasteiger partial charge in [0.2, 0.25) is 0 Å². The van der Waals surface area contributed by atoms with Crippen LogP contribution in [0.15, 0.2) is 41.6 Å². The van der Waals surface area contributed by atoms with E-state index in [-0.39, 0.29) is 11.9 Å². The summed E-state index contributed by atoms with van der Waals surface area (Å²) in [5.41, 5.74) is 1.92. The molecule has 1 amide bonds. The van der Waals surface area contributed by atoms with Crippen molar-refractivity contribution in [3.63, 3.8) is 0 Å². The molecule has 1 aliphatic heterocycles. The van der Waals surface area contributed by atoms with E-state index in [1.54, 1.807) is 16.4 Å². The predicted molar refractivity (Wildman–Crippen MR) is 92.5 cm³/mol. The zero-order chi connectivity index (χ0) is 15.5. The van der Waals surface area contributed by atoms with Crippen molar-refractivity contribution >= 4 is 29.4 Å². The van der Waals surface area contributed by atoms with E-state index in [1.165, 1.54) is 0 Å². The van der Waals surface area contributed by atoms with Gasteiger partial charge >= 0.3 is 0 Å². The quantitative estimate of drug-likeness (QED) is 0.809. The Bertz CT molecular complexity index is 671. The van der Waals surface area contributed by atoms with E-state index >= 15 is 0 Å². The molecular weight excluding hydrogens is 314 g/mol. The van der Waals surface area contributed by atoms with Crippen molar-refractivity contribution in [1.82, 2.24) is 14.7 Å². The summed E-state index contributed by atoms with van der Waals surface area (Å²) in [4.78, 5) is 16.1. The Hall–Kier alpha value is -1.40. The normalized spacial score (nSPS) is 18.5. The van der Waals surface area contributed by atoms with Gasteiger partial charge in [0, 0.05) is 41.8 Å². The summed E-state index contributed by atoms with van der Waals surface area (Å²) in [6.45, 7) is 0.784. The summed E-state index contributed by atoms with van der Waals surface area (Å²) in [7, 11) is 1.91. The molecule has 22 heavy (non-hydrogen) atoms. The maximum atomic E-state index is 13.0. The van der Waals surface area contributed by atoms with Crippen LogP contribution >= 0.6 is 23.5 Å². The lowest BCUT2D eigenvalue weighted by Gasteiger charge is -2.35.